The zero-order valence-corrected chi connectivity index (χ0v) is 34.0. The van der Waals surface area contributed by atoms with Gasteiger partial charge in [-0.2, -0.15) is 9.97 Å². The molecule has 0 bridgehead atoms. The number of rotatable bonds is 6. The van der Waals surface area contributed by atoms with Gasteiger partial charge < -0.3 is 9.13 Å². The molecule has 13 aromatic rings. The van der Waals surface area contributed by atoms with Crippen LogP contribution in [0.25, 0.3) is 117 Å². The van der Waals surface area contributed by atoms with Gasteiger partial charge in [0.1, 0.15) is 0 Å². The highest BCUT2D eigenvalue weighted by Crippen LogP contribution is 2.46. The number of aromatic nitrogens is 6. The zero-order chi connectivity index (χ0) is 41.4. The first-order valence-corrected chi connectivity index (χ1v) is 21.3. The van der Waals surface area contributed by atoms with Crippen LogP contribution in [0.2, 0.25) is 0 Å². The van der Waals surface area contributed by atoms with Crippen LogP contribution in [0.3, 0.4) is 0 Å². The van der Waals surface area contributed by atoms with Gasteiger partial charge in [0.05, 0.1) is 38.8 Å². The van der Waals surface area contributed by atoms with Crippen molar-refractivity contribution in [2.24, 2.45) is 0 Å². The molecule has 0 saturated heterocycles. The van der Waals surface area contributed by atoms with E-state index in [1.54, 1.807) is 0 Å². The van der Waals surface area contributed by atoms with E-state index in [0.29, 0.717) is 17.6 Å². The van der Waals surface area contributed by atoms with E-state index < -0.39 is 0 Å². The highest BCUT2D eigenvalue weighted by molar-refractivity contribution is 6.28. The minimum atomic E-state index is 0.553. The molecule has 13 rings (SSSR count). The second kappa shape index (κ2) is 14.0. The van der Waals surface area contributed by atoms with E-state index in [2.05, 4.69) is 208 Å². The van der Waals surface area contributed by atoms with Gasteiger partial charge in [-0.05, 0) is 59.7 Å². The summed E-state index contributed by atoms with van der Waals surface area (Å²) in [5, 5.41) is 6.92. The molecule has 0 radical (unpaired) electrons. The quantitative estimate of drug-likeness (QED) is 0.168. The molecule has 4 aromatic heterocycles. The summed E-state index contributed by atoms with van der Waals surface area (Å²) in [6.45, 7) is 0. The number of fused-ring (bicyclic) bond motifs is 10. The lowest BCUT2D eigenvalue weighted by molar-refractivity contribution is 0.955. The van der Waals surface area contributed by atoms with Gasteiger partial charge in [0.2, 0.25) is 5.95 Å². The average molecular weight is 805 g/mol. The van der Waals surface area contributed by atoms with Gasteiger partial charge in [0.15, 0.2) is 11.6 Å². The van der Waals surface area contributed by atoms with Crippen LogP contribution in [0.4, 0.5) is 0 Å². The van der Waals surface area contributed by atoms with Crippen molar-refractivity contribution in [3.63, 3.8) is 0 Å². The Labute approximate surface area is 362 Å². The van der Waals surface area contributed by atoms with E-state index in [4.69, 9.17) is 15.0 Å². The van der Waals surface area contributed by atoms with Crippen molar-refractivity contribution in [3.05, 3.63) is 218 Å². The third-order valence-electron chi connectivity index (χ3n) is 12.5. The van der Waals surface area contributed by atoms with Crippen molar-refractivity contribution in [2.75, 3.05) is 0 Å². The van der Waals surface area contributed by atoms with Crippen molar-refractivity contribution < 1.29 is 0 Å². The standard InChI is InChI=1S/C57H36N6/c1-4-19-37(20-5-1)39-23-18-24-40(35-39)56-58-55(38-21-6-2-7-22-38)59-57(60-56)63-49-33-16-12-29-44(49)46-36-51(62-47-31-14-10-27-42(47)43-28-11-15-32-48(43)62)54-52(53(46)63)45-30-13-17-34-50(45)61(54)41-25-8-3-9-26-41/h1-36H. The monoisotopic (exact) mass is 804 g/mol. The maximum atomic E-state index is 5.44. The van der Waals surface area contributed by atoms with E-state index in [-0.39, 0.29) is 0 Å². The van der Waals surface area contributed by atoms with Gasteiger partial charge >= 0.3 is 0 Å². The Morgan fingerprint density at radius 2 is 0.746 bits per heavy atom. The maximum Gasteiger partial charge on any atom is 0.238 e. The van der Waals surface area contributed by atoms with Crippen LogP contribution < -0.4 is 0 Å². The van der Waals surface area contributed by atoms with Gasteiger partial charge in [0.25, 0.3) is 0 Å². The molecular weight excluding hydrogens is 769 g/mol. The molecule has 4 heterocycles. The molecule has 6 heteroatoms. The molecule has 0 unspecified atom stereocenters. The van der Waals surface area contributed by atoms with Crippen LogP contribution in [-0.4, -0.2) is 28.7 Å². The molecule has 0 atom stereocenters. The molecule has 0 N–H and O–H groups in total. The van der Waals surface area contributed by atoms with Gasteiger partial charge in [0, 0.05) is 49.1 Å². The van der Waals surface area contributed by atoms with Gasteiger partial charge in [-0.25, -0.2) is 4.98 Å². The van der Waals surface area contributed by atoms with E-state index in [1.165, 1.54) is 10.8 Å². The summed E-state index contributed by atoms with van der Waals surface area (Å²) in [6.07, 6.45) is 0. The molecule has 0 amide bonds. The Hall–Kier alpha value is -8.61. The summed E-state index contributed by atoms with van der Waals surface area (Å²) in [5.41, 5.74) is 12.8. The lowest BCUT2D eigenvalue weighted by Crippen LogP contribution is -2.07. The summed E-state index contributed by atoms with van der Waals surface area (Å²) >= 11 is 0. The first kappa shape index (κ1) is 35.2. The lowest BCUT2D eigenvalue weighted by Gasteiger charge is -2.16. The predicted molar refractivity (Wildman–Crippen MR) is 259 cm³/mol. The van der Waals surface area contributed by atoms with E-state index in [9.17, 15) is 0 Å². The van der Waals surface area contributed by atoms with Crippen molar-refractivity contribution in [3.8, 4) is 51.2 Å². The fraction of sp³-hybridized carbons (Fsp3) is 0. The molecule has 6 nitrogen and oxygen atoms in total. The average Bonchev–Trinajstić information content (AvgIpc) is 4.00. The molecule has 0 aliphatic carbocycles. The molecule has 294 valence electrons. The summed E-state index contributed by atoms with van der Waals surface area (Å²) in [4.78, 5) is 16.0. The van der Waals surface area contributed by atoms with Crippen molar-refractivity contribution in [1.29, 1.82) is 0 Å². The summed E-state index contributed by atoms with van der Waals surface area (Å²) < 4.78 is 7.18. The maximum absolute atomic E-state index is 5.44. The zero-order valence-electron chi connectivity index (χ0n) is 34.0. The normalized spacial score (nSPS) is 11.8. The van der Waals surface area contributed by atoms with Gasteiger partial charge in [-0.3, -0.25) is 4.57 Å². The van der Waals surface area contributed by atoms with Crippen LogP contribution in [0.1, 0.15) is 0 Å². The van der Waals surface area contributed by atoms with E-state index in [1.807, 2.05) is 24.3 Å². The van der Waals surface area contributed by atoms with Crippen molar-refractivity contribution >= 4 is 65.4 Å². The van der Waals surface area contributed by atoms with Crippen LogP contribution in [0.5, 0.6) is 0 Å². The molecule has 0 spiro atoms. The SMILES string of the molecule is c1ccc(-c2cccc(-c3nc(-c4ccccc4)nc(-n4c5ccccc5c5cc(-n6c7ccccc7c7ccccc76)c6c(c7ccccc7n6-c6ccccc6)c54)n3)c2)cc1. The Balaban J connectivity index is 1.21. The second-order valence-electron chi connectivity index (χ2n) is 16.0. The highest BCUT2D eigenvalue weighted by atomic mass is 15.2. The Bertz CT molecular complexity index is 3850. The van der Waals surface area contributed by atoms with Crippen molar-refractivity contribution in [2.45, 2.75) is 0 Å². The Morgan fingerprint density at radius 1 is 0.286 bits per heavy atom. The molecule has 0 saturated carbocycles. The van der Waals surface area contributed by atoms with Crippen LogP contribution in [0, 0.1) is 0 Å². The number of hydrogen-bond donors (Lipinski definition) is 0. The van der Waals surface area contributed by atoms with E-state index >= 15 is 0 Å². The van der Waals surface area contributed by atoms with E-state index in [0.717, 1.165) is 88.3 Å². The fourth-order valence-electron chi connectivity index (χ4n) is 9.77. The first-order chi connectivity index (χ1) is 31.3. The fourth-order valence-corrected chi connectivity index (χ4v) is 9.77. The smallest absolute Gasteiger partial charge is 0.238 e. The van der Waals surface area contributed by atoms with Crippen LogP contribution in [0.15, 0.2) is 218 Å². The number of hydrogen-bond acceptors (Lipinski definition) is 3. The minimum absolute atomic E-state index is 0.553. The topological polar surface area (TPSA) is 53.5 Å². The largest absolute Gasteiger partial charge is 0.307 e. The third-order valence-corrected chi connectivity index (χ3v) is 12.5. The Kier molecular flexibility index (Phi) is 7.80. The van der Waals surface area contributed by atoms with Crippen molar-refractivity contribution in [1.82, 2.24) is 28.7 Å². The minimum Gasteiger partial charge on any atom is -0.307 e. The second-order valence-corrected chi connectivity index (χ2v) is 16.0. The number of para-hydroxylation sites is 5. The molecule has 0 fully saturated rings. The molecule has 63 heavy (non-hydrogen) atoms. The lowest BCUT2D eigenvalue weighted by atomic mass is 10.0. The molecule has 9 aromatic carbocycles. The van der Waals surface area contributed by atoms with Crippen LogP contribution >= 0.6 is 0 Å². The summed E-state index contributed by atoms with van der Waals surface area (Å²) in [5.74, 6) is 1.77. The summed E-state index contributed by atoms with van der Waals surface area (Å²) in [7, 11) is 0. The third kappa shape index (κ3) is 5.41. The van der Waals surface area contributed by atoms with Crippen LogP contribution in [-0.2, 0) is 0 Å². The summed E-state index contributed by atoms with van der Waals surface area (Å²) in [6, 6.07) is 77.3. The predicted octanol–water partition coefficient (Wildman–Crippen LogP) is 14.2. The Morgan fingerprint density at radius 3 is 1.38 bits per heavy atom. The molecule has 0 aliphatic rings. The first-order valence-electron chi connectivity index (χ1n) is 21.3. The highest BCUT2D eigenvalue weighted by Gasteiger charge is 2.27. The molecular formula is C57H36N6. The molecule has 0 aliphatic heterocycles. The number of nitrogens with zero attached hydrogens (tertiary/aromatic N) is 6. The van der Waals surface area contributed by atoms with Gasteiger partial charge in [-0.1, -0.05) is 170 Å². The van der Waals surface area contributed by atoms with Gasteiger partial charge in [-0.15, -0.1) is 0 Å². The number of benzene rings is 9.